The summed E-state index contributed by atoms with van der Waals surface area (Å²) in [4.78, 5) is 9.67. The van der Waals surface area contributed by atoms with Crippen LogP contribution in [-0.2, 0) is 21.1 Å². The fourth-order valence-electron chi connectivity index (χ4n) is 4.70. The molecule has 0 fully saturated rings. The molecule has 4 nitrogen and oxygen atoms in total. The van der Waals surface area contributed by atoms with Crippen molar-refractivity contribution in [2.24, 2.45) is 0 Å². The van der Waals surface area contributed by atoms with Gasteiger partial charge in [-0.1, -0.05) is 53.2 Å². The fraction of sp³-hybridized carbons (Fsp3) is 0. The van der Waals surface area contributed by atoms with Crippen molar-refractivity contribution in [3.63, 3.8) is 0 Å². The van der Waals surface area contributed by atoms with Gasteiger partial charge in [0.15, 0.2) is 0 Å². The molecule has 0 amide bonds. The maximum absolute atomic E-state index is 5.18. The Labute approximate surface area is 216 Å². The fourth-order valence-corrected chi connectivity index (χ4v) is 4.70. The van der Waals surface area contributed by atoms with Crippen molar-refractivity contribution in [3.05, 3.63) is 121 Å². The molecule has 35 heavy (non-hydrogen) atoms. The number of para-hydroxylation sites is 4. The van der Waals surface area contributed by atoms with Gasteiger partial charge in [-0.3, -0.25) is 9.38 Å². The zero-order valence-electron chi connectivity index (χ0n) is 18.5. The molecule has 3 aromatic heterocycles. The first-order valence-electron chi connectivity index (χ1n) is 11.2. The third-order valence-electron chi connectivity index (χ3n) is 6.19. The van der Waals surface area contributed by atoms with Crippen LogP contribution in [0.3, 0.4) is 0 Å². The van der Waals surface area contributed by atoms with Crippen LogP contribution in [-0.4, -0.2) is 18.9 Å². The van der Waals surface area contributed by atoms with E-state index in [9.17, 15) is 0 Å². The van der Waals surface area contributed by atoms with Gasteiger partial charge in [0.05, 0.1) is 22.1 Å². The molecule has 0 aliphatic heterocycles. The first kappa shape index (κ1) is 21.5. The summed E-state index contributed by atoms with van der Waals surface area (Å²) in [6.45, 7) is 0. The van der Waals surface area contributed by atoms with E-state index in [4.69, 9.17) is 4.98 Å². The van der Waals surface area contributed by atoms with Crippen LogP contribution in [0.1, 0.15) is 0 Å². The summed E-state index contributed by atoms with van der Waals surface area (Å²) in [5.41, 5.74) is 9.11. The number of hydrogen-bond acceptors (Lipinski definition) is 2. The number of imidazole rings is 2. The van der Waals surface area contributed by atoms with Crippen LogP contribution < -0.4 is 0 Å². The average molecular weight is 630 g/mol. The summed E-state index contributed by atoms with van der Waals surface area (Å²) in [5, 5.41) is 0. The molecule has 0 saturated heterocycles. The largest absolute Gasteiger partial charge is 2.00 e. The molecule has 0 unspecified atom stereocenters. The Morgan fingerprint density at radius 3 is 2.26 bits per heavy atom. The molecule has 0 saturated carbocycles. The van der Waals surface area contributed by atoms with Crippen molar-refractivity contribution < 1.29 is 21.1 Å². The summed E-state index contributed by atoms with van der Waals surface area (Å²) in [6.07, 6.45) is 1.81. The van der Waals surface area contributed by atoms with Crippen molar-refractivity contribution in [3.8, 4) is 28.1 Å². The minimum atomic E-state index is 0. The Balaban J connectivity index is 0.00000229. The second-order valence-corrected chi connectivity index (χ2v) is 8.19. The van der Waals surface area contributed by atoms with E-state index in [1.54, 1.807) is 0 Å². The van der Waals surface area contributed by atoms with E-state index in [1.165, 1.54) is 0 Å². The molecule has 168 valence electrons. The third kappa shape index (κ3) is 3.41. The number of fused-ring (bicyclic) bond motifs is 5. The summed E-state index contributed by atoms with van der Waals surface area (Å²) in [6, 6.07) is 41.8. The predicted molar refractivity (Wildman–Crippen MR) is 136 cm³/mol. The third-order valence-corrected chi connectivity index (χ3v) is 6.19. The Kier molecular flexibility index (Phi) is 5.32. The predicted octanol–water partition coefficient (Wildman–Crippen LogP) is 6.76. The average Bonchev–Trinajstić information content (AvgIpc) is 3.44. The Morgan fingerprint density at radius 1 is 0.657 bits per heavy atom. The minimum Gasteiger partial charge on any atom is -0.302 e. The van der Waals surface area contributed by atoms with E-state index in [0.29, 0.717) is 0 Å². The van der Waals surface area contributed by atoms with Crippen LogP contribution in [0.5, 0.6) is 0 Å². The van der Waals surface area contributed by atoms with Gasteiger partial charge in [0.25, 0.3) is 0 Å². The number of nitrogens with zero attached hydrogens (tertiary/aromatic N) is 4. The van der Waals surface area contributed by atoms with Gasteiger partial charge in [-0.25, -0.2) is 4.98 Å². The topological polar surface area (TPSA) is 35.1 Å². The number of rotatable bonds is 3. The molecule has 0 bridgehead atoms. The van der Waals surface area contributed by atoms with E-state index < -0.39 is 0 Å². The van der Waals surface area contributed by atoms with Gasteiger partial charge in [0, 0.05) is 11.9 Å². The molecule has 7 aromatic rings. The van der Waals surface area contributed by atoms with Gasteiger partial charge in [-0.15, -0.1) is 35.9 Å². The SMILES string of the molecule is [Pt+2].[c-]1c(-c2ccccn2)cccc1-c1cccc2c1nc1n(-c3[c-]cccc3)c3ccccc3n21. The first-order valence-corrected chi connectivity index (χ1v) is 11.2. The number of hydrogen-bond donors (Lipinski definition) is 0. The Hall–Kier alpha value is -4.01. The molecule has 7 rings (SSSR count). The summed E-state index contributed by atoms with van der Waals surface area (Å²) in [7, 11) is 0. The molecule has 0 N–H and O–H groups in total. The second kappa shape index (κ2) is 8.65. The van der Waals surface area contributed by atoms with E-state index in [-0.39, 0.29) is 21.1 Å². The molecule has 0 aliphatic rings. The maximum atomic E-state index is 5.18. The van der Waals surface area contributed by atoms with Crippen LogP contribution in [0.4, 0.5) is 0 Å². The van der Waals surface area contributed by atoms with Crippen molar-refractivity contribution in [2.45, 2.75) is 0 Å². The molecule has 4 aromatic carbocycles. The molecular formula is C30H18N4Pt. The normalized spacial score (nSPS) is 11.2. The smallest absolute Gasteiger partial charge is 0.302 e. The summed E-state index contributed by atoms with van der Waals surface area (Å²) >= 11 is 0. The monoisotopic (exact) mass is 629 g/mol. The van der Waals surface area contributed by atoms with Crippen LogP contribution in [0.25, 0.3) is 55.9 Å². The van der Waals surface area contributed by atoms with Crippen LogP contribution in [0, 0.1) is 12.1 Å². The van der Waals surface area contributed by atoms with E-state index in [0.717, 1.165) is 55.9 Å². The standard InChI is InChI=1S/C30H18N4.Pt/c1-2-12-23(13-3-1)33-26-16-4-5-17-27(26)34-28-18-9-14-24(29(28)32-30(33)34)21-10-8-11-22(20-21)25-15-6-7-19-31-25;/h1-12,14-19H;/q-2;+2. The van der Waals surface area contributed by atoms with Crippen LogP contribution in [0.15, 0.2) is 109 Å². The molecule has 0 aliphatic carbocycles. The Morgan fingerprint density at radius 2 is 1.43 bits per heavy atom. The summed E-state index contributed by atoms with van der Waals surface area (Å²) < 4.78 is 4.41. The number of pyridine rings is 1. The van der Waals surface area contributed by atoms with E-state index >= 15 is 0 Å². The van der Waals surface area contributed by atoms with Crippen molar-refractivity contribution in [2.75, 3.05) is 0 Å². The van der Waals surface area contributed by atoms with Gasteiger partial charge < -0.3 is 4.57 Å². The molecular weight excluding hydrogens is 611 g/mol. The van der Waals surface area contributed by atoms with Crippen LogP contribution >= 0.6 is 0 Å². The van der Waals surface area contributed by atoms with Crippen molar-refractivity contribution in [1.82, 2.24) is 18.9 Å². The summed E-state index contributed by atoms with van der Waals surface area (Å²) in [5.74, 6) is 0.868. The second-order valence-electron chi connectivity index (χ2n) is 8.19. The number of benzene rings is 4. The maximum Gasteiger partial charge on any atom is 2.00 e. The molecule has 5 heteroatoms. The first-order chi connectivity index (χ1) is 16.9. The molecule has 0 radical (unpaired) electrons. The number of aromatic nitrogens is 4. The van der Waals surface area contributed by atoms with Gasteiger partial charge in [-0.2, -0.15) is 24.3 Å². The van der Waals surface area contributed by atoms with Gasteiger partial charge in [0.1, 0.15) is 0 Å². The minimum absolute atomic E-state index is 0. The quantitative estimate of drug-likeness (QED) is 0.203. The van der Waals surface area contributed by atoms with E-state index in [1.807, 2.05) is 48.7 Å². The Bertz CT molecular complexity index is 1800. The van der Waals surface area contributed by atoms with Gasteiger partial charge in [0.2, 0.25) is 5.78 Å². The zero-order chi connectivity index (χ0) is 22.5. The van der Waals surface area contributed by atoms with Crippen molar-refractivity contribution in [1.29, 1.82) is 0 Å². The van der Waals surface area contributed by atoms with Gasteiger partial charge in [-0.05, 0) is 24.3 Å². The van der Waals surface area contributed by atoms with Gasteiger partial charge >= 0.3 is 21.1 Å². The molecule has 3 heterocycles. The zero-order valence-corrected chi connectivity index (χ0v) is 20.8. The van der Waals surface area contributed by atoms with E-state index in [2.05, 4.69) is 86.7 Å². The molecule has 0 atom stereocenters. The van der Waals surface area contributed by atoms with Crippen molar-refractivity contribution >= 4 is 27.8 Å². The van der Waals surface area contributed by atoms with Crippen LogP contribution in [0.2, 0.25) is 0 Å². The molecule has 0 spiro atoms.